The molecule has 13 heteroatoms. The van der Waals surface area contributed by atoms with Crippen LogP contribution in [0.1, 0.15) is 15.9 Å². The highest BCUT2D eigenvalue weighted by molar-refractivity contribution is 7.92. The van der Waals surface area contributed by atoms with Gasteiger partial charge in [-0.2, -0.15) is 13.2 Å². The predicted octanol–water partition coefficient (Wildman–Crippen LogP) is 5.83. The van der Waals surface area contributed by atoms with Crippen molar-refractivity contribution in [1.29, 1.82) is 0 Å². The quantitative estimate of drug-likeness (QED) is 0.336. The summed E-state index contributed by atoms with van der Waals surface area (Å²) in [5.74, 6) is -6.01. The number of hydrogen-bond donors (Lipinski definition) is 2. The van der Waals surface area contributed by atoms with Crippen LogP contribution in [0.5, 0.6) is 0 Å². The first-order chi connectivity index (χ1) is 15.3. The van der Waals surface area contributed by atoms with E-state index in [2.05, 4.69) is 0 Å². The summed E-state index contributed by atoms with van der Waals surface area (Å²) in [5, 5.41) is 1.66. The first kappa shape index (κ1) is 24.4. The number of sulfonamides is 1. The van der Waals surface area contributed by atoms with Crippen LogP contribution in [0.2, 0.25) is 5.02 Å². The summed E-state index contributed by atoms with van der Waals surface area (Å²) in [7, 11) is -4.51. The SMILES string of the molecule is O=C(Nc1ccc(F)c(F)c1F)c1cccc(S(=O)(=O)Nc2cc(C(F)(F)F)ccc2Cl)c1. The normalized spacial score (nSPS) is 11.8. The lowest BCUT2D eigenvalue weighted by atomic mass is 10.2. The van der Waals surface area contributed by atoms with Crippen molar-refractivity contribution >= 4 is 38.9 Å². The second-order valence-electron chi connectivity index (χ2n) is 6.50. The van der Waals surface area contributed by atoms with Gasteiger partial charge in [0.15, 0.2) is 17.5 Å². The Hall–Kier alpha value is -3.25. The maximum atomic E-state index is 13.8. The van der Waals surface area contributed by atoms with Gasteiger partial charge in [-0.05, 0) is 48.5 Å². The van der Waals surface area contributed by atoms with Crippen molar-refractivity contribution in [2.24, 2.45) is 0 Å². The topological polar surface area (TPSA) is 75.3 Å². The van der Waals surface area contributed by atoms with Gasteiger partial charge in [-0.3, -0.25) is 9.52 Å². The molecule has 0 unspecified atom stereocenters. The number of carbonyl (C=O) groups excluding carboxylic acids is 1. The molecule has 3 aromatic rings. The molecule has 0 saturated carbocycles. The van der Waals surface area contributed by atoms with E-state index in [1.54, 1.807) is 0 Å². The predicted molar refractivity (Wildman–Crippen MR) is 108 cm³/mol. The molecule has 0 heterocycles. The highest BCUT2D eigenvalue weighted by Crippen LogP contribution is 2.34. The van der Waals surface area contributed by atoms with Gasteiger partial charge in [-0.15, -0.1) is 0 Å². The molecule has 0 fully saturated rings. The summed E-state index contributed by atoms with van der Waals surface area (Å²) in [5.41, 5.74) is -2.71. The zero-order chi connectivity index (χ0) is 24.6. The first-order valence-electron chi connectivity index (χ1n) is 8.74. The van der Waals surface area contributed by atoms with Crippen molar-refractivity contribution in [1.82, 2.24) is 0 Å². The lowest BCUT2D eigenvalue weighted by Crippen LogP contribution is -2.17. The third kappa shape index (κ3) is 5.40. The minimum Gasteiger partial charge on any atom is -0.319 e. The van der Waals surface area contributed by atoms with Crippen LogP contribution in [0.15, 0.2) is 59.5 Å². The van der Waals surface area contributed by atoms with E-state index < -0.39 is 61.4 Å². The number of alkyl halides is 3. The highest BCUT2D eigenvalue weighted by atomic mass is 35.5. The molecule has 5 nitrogen and oxygen atoms in total. The van der Waals surface area contributed by atoms with Crippen LogP contribution in [0.3, 0.4) is 0 Å². The number of amides is 1. The average molecular weight is 509 g/mol. The number of hydrogen-bond acceptors (Lipinski definition) is 3. The summed E-state index contributed by atoms with van der Waals surface area (Å²) < 4.78 is 106. The summed E-state index contributed by atoms with van der Waals surface area (Å²) in [6.07, 6.45) is -4.75. The van der Waals surface area contributed by atoms with Crippen molar-refractivity contribution in [3.63, 3.8) is 0 Å². The van der Waals surface area contributed by atoms with Crippen LogP contribution in [-0.4, -0.2) is 14.3 Å². The second-order valence-corrected chi connectivity index (χ2v) is 8.59. The monoisotopic (exact) mass is 508 g/mol. The number of benzene rings is 3. The second kappa shape index (κ2) is 8.94. The molecule has 0 aliphatic heterocycles. The van der Waals surface area contributed by atoms with Crippen molar-refractivity contribution < 1.29 is 39.6 Å². The van der Waals surface area contributed by atoms with Crippen molar-refractivity contribution in [2.75, 3.05) is 10.0 Å². The largest absolute Gasteiger partial charge is 0.416 e. The van der Waals surface area contributed by atoms with Crippen LogP contribution in [0, 0.1) is 17.5 Å². The van der Waals surface area contributed by atoms with E-state index in [0.717, 1.165) is 36.4 Å². The average Bonchev–Trinajstić information content (AvgIpc) is 2.75. The van der Waals surface area contributed by atoms with Gasteiger partial charge in [0.2, 0.25) is 0 Å². The molecule has 174 valence electrons. The smallest absolute Gasteiger partial charge is 0.319 e. The third-order valence-electron chi connectivity index (χ3n) is 4.23. The summed E-state index contributed by atoms with van der Waals surface area (Å²) in [4.78, 5) is 11.8. The van der Waals surface area contributed by atoms with Gasteiger partial charge in [0.25, 0.3) is 15.9 Å². The van der Waals surface area contributed by atoms with Gasteiger partial charge in [0.1, 0.15) is 0 Å². The fourth-order valence-corrected chi connectivity index (χ4v) is 3.94. The Kier molecular flexibility index (Phi) is 6.61. The molecule has 0 aliphatic rings. The molecule has 0 aromatic heterocycles. The van der Waals surface area contributed by atoms with E-state index in [1.165, 1.54) is 0 Å². The summed E-state index contributed by atoms with van der Waals surface area (Å²) in [6, 6.07) is 7.55. The van der Waals surface area contributed by atoms with Crippen LogP contribution in [0.4, 0.5) is 37.7 Å². The third-order valence-corrected chi connectivity index (χ3v) is 5.92. The van der Waals surface area contributed by atoms with Crippen molar-refractivity contribution in [3.05, 3.63) is 88.2 Å². The molecule has 33 heavy (non-hydrogen) atoms. The highest BCUT2D eigenvalue weighted by Gasteiger charge is 2.31. The molecule has 0 aliphatic carbocycles. The van der Waals surface area contributed by atoms with E-state index in [9.17, 15) is 39.6 Å². The molecule has 0 saturated heterocycles. The Morgan fingerprint density at radius 1 is 0.879 bits per heavy atom. The molecular weight excluding hydrogens is 498 g/mol. The Morgan fingerprint density at radius 2 is 1.58 bits per heavy atom. The number of halogens is 7. The van der Waals surface area contributed by atoms with E-state index in [4.69, 9.17) is 11.6 Å². The maximum absolute atomic E-state index is 13.8. The van der Waals surface area contributed by atoms with Gasteiger partial charge in [0, 0.05) is 5.56 Å². The zero-order valence-corrected chi connectivity index (χ0v) is 17.5. The molecule has 0 atom stereocenters. The standard InChI is InChI=1S/C20H11ClF6N2O3S/c21-13-5-4-11(20(25,26)27)9-16(13)29-33(31,32)12-3-1-2-10(8-12)19(30)28-15-7-6-14(22)17(23)18(15)24/h1-9,29H,(H,28,30). The molecule has 3 aromatic carbocycles. The van der Waals surface area contributed by atoms with E-state index >= 15 is 0 Å². The lowest BCUT2D eigenvalue weighted by Gasteiger charge is -2.13. The minimum absolute atomic E-state index is 0.311. The fourth-order valence-electron chi connectivity index (χ4n) is 2.60. The van der Waals surface area contributed by atoms with Crippen molar-refractivity contribution in [3.8, 4) is 0 Å². The summed E-state index contributed by atoms with van der Waals surface area (Å²) >= 11 is 5.80. The zero-order valence-electron chi connectivity index (χ0n) is 16.0. The first-order valence-corrected chi connectivity index (χ1v) is 10.6. The fraction of sp³-hybridized carbons (Fsp3) is 0.0500. The summed E-state index contributed by atoms with van der Waals surface area (Å²) in [6.45, 7) is 0. The van der Waals surface area contributed by atoms with Crippen LogP contribution in [0.25, 0.3) is 0 Å². The van der Waals surface area contributed by atoms with E-state index in [1.807, 2.05) is 10.0 Å². The Morgan fingerprint density at radius 3 is 2.24 bits per heavy atom. The van der Waals surface area contributed by atoms with Gasteiger partial charge < -0.3 is 5.32 Å². The number of nitrogens with one attached hydrogen (secondary N) is 2. The van der Waals surface area contributed by atoms with Crippen LogP contribution < -0.4 is 10.0 Å². The molecule has 3 rings (SSSR count). The molecular formula is C20H11ClF6N2O3S. The van der Waals surface area contributed by atoms with Gasteiger partial charge in [0.05, 0.1) is 26.9 Å². The Labute approximate surface area is 188 Å². The Bertz CT molecular complexity index is 1350. The number of rotatable bonds is 5. The van der Waals surface area contributed by atoms with Crippen LogP contribution >= 0.6 is 11.6 Å². The van der Waals surface area contributed by atoms with Crippen LogP contribution in [-0.2, 0) is 16.2 Å². The van der Waals surface area contributed by atoms with Gasteiger partial charge in [-0.1, -0.05) is 17.7 Å². The maximum Gasteiger partial charge on any atom is 0.416 e. The minimum atomic E-state index is -4.75. The van der Waals surface area contributed by atoms with Gasteiger partial charge in [-0.25, -0.2) is 21.6 Å². The molecule has 0 bridgehead atoms. The Balaban J connectivity index is 1.88. The molecule has 1 amide bonds. The van der Waals surface area contributed by atoms with Crippen molar-refractivity contribution in [2.45, 2.75) is 11.1 Å². The molecule has 2 N–H and O–H groups in total. The number of carbonyl (C=O) groups is 1. The molecule has 0 radical (unpaired) electrons. The lowest BCUT2D eigenvalue weighted by molar-refractivity contribution is -0.137. The van der Waals surface area contributed by atoms with Gasteiger partial charge >= 0.3 is 6.18 Å². The van der Waals surface area contributed by atoms with E-state index in [-0.39, 0.29) is 10.6 Å². The molecule has 0 spiro atoms. The van der Waals surface area contributed by atoms with E-state index in [0.29, 0.717) is 18.2 Å². The number of anilines is 2.